The van der Waals surface area contributed by atoms with Crippen LogP contribution >= 0.6 is 0 Å². The summed E-state index contributed by atoms with van der Waals surface area (Å²) in [6.45, 7) is 2.62. The van der Waals surface area contributed by atoms with Crippen molar-refractivity contribution < 1.29 is 29.0 Å². The minimum Gasteiger partial charge on any atom is -0.494 e. The Hall–Kier alpha value is -4.17. The largest absolute Gasteiger partial charge is 0.494 e. The lowest BCUT2D eigenvalue weighted by Crippen LogP contribution is -2.39. The molecule has 0 aromatic heterocycles. The fourth-order valence-corrected chi connectivity index (χ4v) is 5.29. The average molecular weight is 601 g/mol. The molecule has 1 saturated carbocycles. The van der Waals surface area contributed by atoms with Gasteiger partial charge < -0.3 is 25.2 Å². The second-order valence-corrected chi connectivity index (χ2v) is 11.4. The van der Waals surface area contributed by atoms with E-state index in [1.165, 1.54) is 19.3 Å². The molecule has 234 valence electrons. The first-order valence-electron chi connectivity index (χ1n) is 15.8. The third-order valence-electron chi connectivity index (χ3n) is 7.92. The van der Waals surface area contributed by atoms with Gasteiger partial charge in [-0.25, -0.2) is 4.79 Å². The fraction of sp³-hybridized carbons (Fsp3) is 0.417. The number of benzene rings is 3. The molecule has 44 heavy (non-hydrogen) atoms. The summed E-state index contributed by atoms with van der Waals surface area (Å²) < 4.78 is 11.3. The maximum Gasteiger partial charge on any atom is 0.343 e. The van der Waals surface area contributed by atoms with Crippen LogP contribution in [0.25, 0.3) is 0 Å². The van der Waals surface area contributed by atoms with Gasteiger partial charge in [0.2, 0.25) is 5.91 Å². The highest BCUT2D eigenvalue weighted by molar-refractivity contribution is 5.96. The molecular formula is C36H44N2O6. The number of carbonyl (C=O) groups excluding carboxylic acids is 3. The molecule has 0 saturated heterocycles. The van der Waals surface area contributed by atoms with Crippen LogP contribution in [-0.2, 0) is 11.2 Å². The maximum absolute atomic E-state index is 12.8. The molecule has 0 radical (unpaired) electrons. The van der Waals surface area contributed by atoms with Crippen molar-refractivity contribution in [2.24, 2.45) is 5.92 Å². The molecule has 0 heterocycles. The van der Waals surface area contributed by atoms with E-state index in [4.69, 9.17) is 9.47 Å². The summed E-state index contributed by atoms with van der Waals surface area (Å²) in [6, 6.07) is 20.2. The summed E-state index contributed by atoms with van der Waals surface area (Å²) >= 11 is 0. The Morgan fingerprint density at radius 1 is 0.818 bits per heavy atom. The lowest BCUT2D eigenvalue weighted by Gasteiger charge is -2.17. The van der Waals surface area contributed by atoms with Crippen molar-refractivity contribution >= 4 is 23.5 Å². The van der Waals surface area contributed by atoms with Crippen molar-refractivity contribution in [3.05, 3.63) is 89.5 Å². The minimum absolute atomic E-state index is 0.0312. The van der Waals surface area contributed by atoms with Crippen molar-refractivity contribution in [3.8, 4) is 11.5 Å². The van der Waals surface area contributed by atoms with E-state index >= 15 is 0 Å². The number of nitrogens with one attached hydrogen (secondary N) is 2. The van der Waals surface area contributed by atoms with Crippen LogP contribution in [0.5, 0.6) is 11.5 Å². The highest BCUT2D eigenvalue weighted by atomic mass is 16.5. The number of hydrogen-bond donors (Lipinski definition) is 3. The smallest absolute Gasteiger partial charge is 0.343 e. The van der Waals surface area contributed by atoms with Gasteiger partial charge in [-0.05, 0) is 91.9 Å². The first-order chi connectivity index (χ1) is 21.4. The topological polar surface area (TPSA) is 114 Å². The summed E-state index contributed by atoms with van der Waals surface area (Å²) in [4.78, 5) is 37.8. The molecule has 1 unspecified atom stereocenters. The number of esters is 1. The fourth-order valence-electron chi connectivity index (χ4n) is 5.29. The summed E-state index contributed by atoms with van der Waals surface area (Å²) in [5.74, 6) is 0.448. The van der Waals surface area contributed by atoms with Gasteiger partial charge in [0.05, 0.1) is 24.8 Å². The molecule has 4 rings (SSSR count). The van der Waals surface area contributed by atoms with Crippen molar-refractivity contribution in [2.75, 3.05) is 18.5 Å². The summed E-state index contributed by atoms with van der Waals surface area (Å²) in [6.07, 6.45) is 10.3. The summed E-state index contributed by atoms with van der Waals surface area (Å²) in [5, 5.41) is 15.7. The van der Waals surface area contributed by atoms with Crippen LogP contribution in [0, 0.1) is 5.92 Å². The quantitative estimate of drug-likeness (QED) is 0.0956. The molecule has 2 amide bonds. The molecule has 1 fully saturated rings. The van der Waals surface area contributed by atoms with Gasteiger partial charge in [-0.15, -0.1) is 0 Å². The Morgan fingerprint density at radius 3 is 2.11 bits per heavy atom. The van der Waals surface area contributed by atoms with Gasteiger partial charge in [-0.1, -0.05) is 57.6 Å². The number of aliphatic hydroxyl groups excluding tert-OH is 1. The monoisotopic (exact) mass is 600 g/mol. The van der Waals surface area contributed by atoms with E-state index in [0.29, 0.717) is 35.6 Å². The van der Waals surface area contributed by atoms with Crippen LogP contribution in [0.1, 0.15) is 91.0 Å². The van der Waals surface area contributed by atoms with Crippen molar-refractivity contribution in [1.82, 2.24) is 5.32 Å². The van der Waals surface area contributed by atoms with Crippen LogP contribution in [0.2, 0.25) is 0 Å². The standard InChI is InChI=1S/C36H44N2O6/c1-2-3-4-5-8-23-43-32-21-15-29(16-22-32)36(42)44-33-19-11-26(12-20-33)24-31(25-39)38-35(41)28-13-17-30(18-14-28)37-34(40)27-9-6-7-10-27/h11-22,27,31,39H,2-10,23-25H2,1H3,(H,37,40)(H,38,41). The Labute approximate surface area is 260 Å². The van der Waals surface area contributed by atoms with Crippen molar-refractivity contribution in [1.29, 1.82) is 0 Å². The average Bonchev–Trinajstić information content (AvgIpc) is 3.59. The van der Waals surface area contributed by atoms with E-state index in [1.54, 1.807) is 72.8 Å². The number of anilines is 1. The molecule has 3 N–H and O–H groups in total. The number of rotatable bonds is 16. The number of carbonyl (C=O) groups is 3. The molecular weight excluding hydrogens is 556 g/mol. The molecule has 3 aromatic rings. The lowest BCUT2D eigenvalue weighted by molar-refractivity contribution is -0.119. The Bertz CT molecular complexity index is 1330. The Morgan fingerprint density at radius 2 is 1.45 bits per heavy atom. The van der Waals surface area contributed by atoms with Gasteiger partial charge in [0.1, 0.15) is 11.5 Å². The third-order valence-corrected chi connectivity index (χ3v) is 7.92. The summed E-state index contributed by atoms with van der Waals surface area (Å²) in [7, 11) is 0. The second-order valence-electron chi connectivity index (χ2n) is 11.4. The Kier molecular flexibility index (Phi) is 12.8. The number of amides is 2. The molecule has 1 atom stereocenters. The predicted octanol–water partition coefficient (Wildman–Crippen LogP) is 6.72. The number of aliphatic hydroxyl groups is 1. The zero-order valence-corrected chi connectivity index (χ0v) is 25.6. The van der Waals surface area contributed by atoms with E-state index in [-0.39, 0.29) is 24.3 Å². The number of hydrogen-bond acceptors (Lipinski definition) is 6. The molecule has 1 aliphatic rings. The molecule has 0 bridgehead atoms. The van der Waals surface area contributed by atoms with Gasteiger partial charge in [-0.2, -0.15) is 0 Å². The molecule has 0 aliphatic heterocycles. The van der Waals surface area contributed by atoms with Crippen LogP contribution < -0.4 is 20.1 Å². The zero-order valence-electron chi connectivity index (χ0n) is 25.6. The van der Waals surface area contributed by atoms with Crippen LogP contribution in [0.3, 0.4) is 0 Å². The number of ether oxygens (including phenoxy) is 2. The first kappa shape index (κ1) is 32.7. The van der Waals surface area contributed by atoms with E-state index in [2.05, 4.69) is 17.6 Å². The van der Waals surface area contributed by atoms with Gasteiger partial charge in [-0.3, -0.25) is 9.59 Å². The van der Waals surface area contributed by atoms with Gasteiger partial charge >= 0.3 is 5.97 Å². The van der Waals surface area contributed by atoms with Gasteiger partial charge in [0, 0.05) is 17.2 Å². The number of unbranched alkanes of at least 4 members (excludes halogenated alkanes) is 4. The molecule has 8 nitrogen and oxygen atoms in total. The van der Waals surface area contributed by atoms with Gasteiger partial charge in [0.25, 0.3) is 5.91 Å². The van der Waals surface area contributed by atoms with Crippen molar-refractivity contribution in [3.63, 3.8) is 0 Å². The Balaban J connectivity index is 1.21. The van der Waals surface area contributed by atoms with E-state index < -0.39 is 12.0 Å². The van der Waals surface area contributed by atoms with Gasteiger partial charge in [0.15, 0.2) is 0 Å². The highest BCUT2D eigenvalue weighted by Gasteiger charge is 2.22. The summed E-state index contributed by atoms with van der Waals surface area (Å²) in [5.41, 5.74) is 2.39. The van der Waals surface area contributed by atoms with E-state index in [0.717, 1.165) is 49.8 Å². The van der Waals surface area contributed by atoms with Crippen LogP contribution in [0.4, 0.5) is 5.69 Å². The molecule has 1 aliphatic carbocycles. The molecule has 3 aromatic carbocycles. The third kappa shape index (κ3) is 10.2. The minimum atomic E-state index is -0.505. The van der Waals surface area contributed by atoms with E-state index in [9.17, 15) is 19.5 Å². The molecule has 8 heteroatoms. The first-order valence-corrected chi connectivity index (χ1v) is 15.8. The SMILES string of the molecule is CCCCCCCOc1ccc(C(=O)Oc2ccc(CC(CO)NC(=O)c3ccc(NC(=O)C4CCCC4)cc3)cc2)cc1. The normalized spacial score (nSPS) is 13.7. The highest BCUT2D eigenvalue weighted by Crippen LogP contribution is 2.26. The molecule has 0 spiro atoms. The van der Waals surface area contributed by atoms with Crippen molar-refractivity contribution in [2.45, 2.75) is 77.2 Å². The van der Waals surface area contributed by atoms with Crippen LogP contribution in [-0.4, -0.2) is 42.1 Å². The second kappa shape index (κ2) is 17.2. The lowest BCUT2D eigenvalue weighted by atomic mass is 10.1. The van der Waals surface area contributed by atoms with Crippen LogP contribution in [0.15, 0.2) is 72.8 Å². The van der Waals surface area contributed by atoms with E-state index in [1.807, 2.05) is 0 Å². The predicted molar refractivity (Wildman–Crippen MR) is 171 cm³/mol. The zero-order chi connectivity index (χ0) is 31.1. The maximum atomic E-state index is 12.8.